The van der Waals surface area contributed by atoms with Gasteiger partial charge in [-0.1, -0.05) is 30.3 Å². The highest BCUT2D eigenvalue weighted by molar-refractivity contribution is 5.98. The van der Waals surface area contributed by atoms with Crippen LogP contribution in [-0.4, -0.2) is 52.3 Å². The lowest BCUT2D eigenvalue weighted by Crippen LogP contribution is -2.47. The van der Waals surface area contributed by atoms with Crippen LogP contribution in [-0.2, 0) is 4.79 Å². The van der Waals surface area contributed by atoms with Crippen LogP contribution in [0.4, 0.5) is 0 Å². The average molecular weight is 351 g/mol. The van der Waals surface area contributed by atoms with Crippen LogP contribution in [0.5, 0.6) is 0 Å². The highest BCUT2D eigenvalue weighted by Crippen LogP contribution is 2.24. The van der Waals surface area contributed by atoms with Crippen molar-refractivity contribution in [2.75, 3.05) is 19.6 Å². The molecule has 1 aliphatic rings. The highest BCUT2D eigenvalue weighted by Gasteiger charge is 2.36. The van der Waals surface area contributed by atoms with E-state index in [2.05, 4.69) is 4.98 Å². The zero-order valence-electron chi connectivity index (χ0n) is 15.4. The Balaban J connectivity index is 1.83. The monoisotopic (exact) mass is 351 g/mol. The third kappa shape index (κ3) is 3.62. The number of likely N-dealkylation sites (tertiary alicyclic amines) is 1. The van der Waals surface area contributed by atoms with Gasteiger partial charge in [-0.05, 0) is 38.3 Å². The molecule has 2 heterocycles. The summed E-state index contributed by atoms with van der Waals surface area (Å²) in [5.74, 6) is -0.0636. The van der Waals surface area contributed by atoms with Gasteiger partial charge in [0.2, 0.25) is 5.91 Å². The molecule has 1 unspecified atom stereocenters. The zero-order chi connectivity index (χ0) is 18.5. The highest BCUT2D eigenvalue weighted by atomic mass is 16.2. The van der Waals surface area contributed by atoms with Crippen molar-refractivity contribution < 1.29 is 9.59 Å². The molecular weight excluding hydrogens is 326 g/mol. The predicted molar refractivity (Wildman–Crippen MR) is 102 cm³/mol. The number of likely N-dealkylation sites (N-methyl/N-ethyl adjacent to an activating group) is 1. The number of nitrogens with zero attached hydrogens (tertiary/aromatic N) is 3. The molecule has 0 N–H and O–H groups in total. The van der Waals surface area contributed by atoms with Crippen LogP contribution in [0.3, 0.4) is 0 Å². The number of carbonyl (C=O) groups excluding carboxylic acids is 2. The Bertz CT molecular complexity index is 772. The second kappa shape index (κ2) is 8.13. The number of hydrogen-bond acceptors (Lipinski definition) is 3. The molecule has 0 bridgehead atoms. The summed E-state index contributed by atoms with van der Waals surface area (Å²) in [6.07, 6.45) is 4.93. The lowest BCUT2D eigenvalue weighted by atomic mass is 10.1. The van der Waals surface area contributed by atoms with Crippen molar-refractivity contribution in [2.45, 2.75) is 32.7 Å². The van der Waals surface area contributed by atoms with E-state index in [0.29, 0.717) is 25.2 Å². The number of amides is 2. The maximum atomic E-state index is 13.1. The number of aromatic nitrogens is 1. The van der Waals surface area contributed by atoms with E-state index in [1.165, 1.54) is 0 Å². The van der Waals surface area contributed by atoms with Crippen LogP contribution in [0.1, 0.15) is 37.0 Å². The molecule has 0 aliphatic carbocycles. The Hall–Kier alpha value is -2.69. The van der Waals surface area contributed by atoms with E-state index < -0.39 is 0 Å². The first-order chi connectivity index (χ1) is 12.7. The van der Waals surface area contributed by atoms with Crippen LogP contribution < -0.4 is 0 Å². The quantitative estimate of drug-likeness (QED) is 0.831. The number of carbonyl (C=O) groups is 2. The standard InChI is InChI=1S/C21H25N3O2/c1-3-23(4-2)21(26)19-11-8-12-24(19)20(25)18-13-17(14-22-15-18)16-9-6-5-7-10-16/h5-7,9-10,13-15,19H,3-4,8,11-12H2,1-2H3. The summed E-state index contributed by atoms with van der Waals surface area (Å²) < 4.78 is 0. The summed E-state index contributed by atoms with van der Waals surface area (Å²) >= 11 is 0. The Labute approximate surface area is 154 Å². The van der Waals surface area contributed by atoms with Crippen molar-refractivity contribution in [3.63, 3.8) is 0 Å². The lowest BCUT2D eigenvalue weighted by Gasteiger charge is -2.29. The van der Waals surface area contributed by atoms with Crippen molar-refractivity contribution in [2.24, 2.45) is 0 Å². The van der Waals surface area contributed by atoms with Crippen molar-refractivity contribution in [3.8, 4) is 11.1 Å². The van der Waals surface area contributed by atoms with E-state index in [9.17, 15) is 9.59 Å². The van der Waals surface area contributed by atoms with E-state index in [0.717, 1.165) is 24.0 Å². The fourth-order valence-electron chi connectivity index (χ4n) is 3.52. The summed E-state index contributed by atoms with van der Waals surface area (Å²) in [5, 5.41) is 0. The number of rotatable bonds is 5. The van der Waals surface area contributed by atoms with Gasteiger partial charge in [0.15, 0.2) is 0 Å². The Morgan fingerprint density at radius 1 is 1.12 bits per heavy atom. The van der Waals surface area contributed by atoms with Crippen molar-refractivity contribution in [1.29, 1.82) is 0 Å². The van der Waals surface area contributed by atoms with Gasteiger partial charge in [0, 0.05) is 37.6 Å². The van der Waals surface area contributed by atoms with Gasteiger partial charge in [0.25, 0.3) is 5.91 Å². The minimum atomic E-state index is -0.359. The smallest absolute Gasteiger partial charge is 0.256 e. The van der Waals surface area contributed by atoms with Gasteiger partial charge in [-0.25, -0.2) is 0 Å². The van der Waals surface area contributed by atoms with Crippen molar-refractivity contribution in [3.05, 3.63) is 54.4 Å². The molecule has 3 rings (SSSR count). The largest absolute Gasteiger partial charge is 0.341 e. The summed E-state index contributed by atoms with van der Waals surface area (Å²) in [6.45, 7) is 5.88. The minimum absolute atomic E-state index is 0.0491. The third-order valence-corrected chi connectivity index (χ3v) is 4.97. The van der Waals surface area contributed by atoms with E-state index in [4.69, 9.17) is 0 Å². The molecular formula is C21H25N3O2. The Morgan fingerprint density at radius 3 is 2.54 bits per heavy atom. The molecule has 1 aliphatic heterocycles. The van der Waals surface area contributed by atoms with Gasteiger partial charge in [-0.3, -0.25) is 14.6 Å². The first kappa shape index (κ1) is 18.1. The van der Waals surface area contributed by atoms with Crippen LogP contribution in [0, 0.1) is 0 Å². The maximum absolute atomic E-state index is 13.1. The molecule has 26 heavy (non-hydrogen) atoms. The number of hydrogen-bond donors (Lipinski definition) is 0. The molecule has 2 aromatic rings. The van der Waals surface area contributed by atoms with Crippen LogP contribution in [0.2, 0.25) is 0 Å². The summed E-state index contributed by atoms with van der Waals surface area (Å²) in [7, 11) is 0. The van der Waals surface area contributed by atoms with Gasteiger partial charge in [0.1, 0.15) is 6.04 Å². The molecule has 1 fully saturated rings. The third-order valence-electron chi connectivity index (χ3n) is 4.97. The van der Waals surface area contributed by atoms with E-state index >= 15 is 0 Å². The second-order valence-corrected chi connectivity index (χ2v) is 6.50. The molecule has 5 heteroatoms. The molecule has 0 radical (unpaired) electrons. The summed E-state index contributed by atoms with van der Waals surface area (Å²) in [5.41, 5.74) is 2.46. The normalized spacial score (nSPS) is 16.5. The Morgan fingerprint density at radius 2 is 1.85 bits per heavy atom. The van der Waals surface area contributed by atoms with Crippen molar-refractivity contribution >= 4 is 11.8 Å². The molecule has 5 nitrogen and oxygen atoms in total. The molecule has 0 saturated carbocycles. The first-order valence-corrected chi connectivity index (χ1v) is 9.26. The average Bonchev–Trinajstić information content (AvgIpc) is 3.19. The van der Waals surface area contributed by atoms with Crippen LogP contribution >= 0.6 is 0 Å². The zero-order valence-corrected chi connectivity index (χ0v) is 15.4. The number of pyridine rings is 1. The molecule has 1 atom stereocenters. The van der Waals surface area contributed by atoms with Crippen molar-refractivity contribution in [1.82, 2.24) is 14.8 Å². The number of benzene rings is 1. The maximum Gasteiger partial charge on any atom is 0.256 e. The second-order valence-electron chi connectivity index (χ2n) is 6.50. The Kier molecular flexibility index (Phi) is 5.66. The SMILES string of the molecule is CCN(CC)C(=O)C1CCCN1C(=O)c1cncc(-c2ccccc2)c1. The lowest BCUT2D eigenvalue weighted by molar-refractivity contribution is -0.134. The first-order valence-electron chi connectivity index (χ1n) is 9.26. The van der Waals surface area contributed by atoms with Gasteiger partial charge in [0.05, 0.1) is 5.56 Å². The van der Waals surface area contributed by atoms with Gasteiger partial charge in [-0.15, -0.1) is 0 Å². The molecule has 1 saturated heterocycles. The molecule has 2 amide bonds. The molecule has 1 aromatic heterocycles. The van der Waals surface area contributed by atoms with E-state index in [1.807, 2.05) is 50.2 Å². The molecule has 0 spiro atoms. The van der Waals surface area contributed by atoms with E-state index in [-0.39, 0.29) is 17.9 Å². The van der Waals surface area contributed by atoms with Crippen LogP contribution in [0.15, 0.2) is 48.8 Å². The topological polar surface area (TPSA) is 53.5 Å². The van der Waals surface area contributed by atoms with Crippen LogP contribution in [0.25, 0.3) is 11.1 Å². The van der Waals surface area contributed by atoms with Gasteiger partial charge >= 0.3 is 0 Å². The van der Waals surface area contributed by atoms with Gasteiger partial charge < -0.3 is 9.80 Å². The fourth-order valence-corrected chi connectivity index (χ4v) is 3.52. The molecule has 1 aromatic carbocycles. The van der Waals surface area contributed by atoms with Gasteiger partial charge in [-0.2, -0.15) is 0 Å². The summed E-state index contributed by atoms with van der Waals surface area (Å²) in [4.78, 5) is 33.6. The minimum Gasteiger partial charge on any atom is -0.341 e. The fraction of sp³-hybridized carbons (Fsp3) is 0.381. The predicted octanol–water partition coefficient (Wildman–Crippen LogP) is 3.22. The summed E-state index contributed by atoms with van der Waals surface area (Å²) in [6, 6.07) is 11.4. The van der Waals surface area contributed by atoms with E-state index in [1.54, 1.807) is 22.2 Å². The molecule has 136 valence electrons.